The molecule has 0 fully saturated rings. The summed E-state index contributed by atoms with van der Waals surface area (Å²) in [6, 6.07) is -0.629. The number of hydrogen-bond acceptors (Lipinski definition) is 5. The number of carbonyl (C=O) groups is 4. The Morgan fingerprint density at radius 2 is 1.83 bits per heavy atom. The number of H-pyrrole nitrogens is 1. The maximum absolute atomic E-state index is 12.0. The summed E-state index contributed by atoms with van der Waals surface area (Å²) in [5.41, 5.74) is 1.59. The fourth-order valence-electron chi connectivity index (χ4n) is 2.27. The first-order valence-corrected chi connectivity index (χ1v) is 7.72. The standard InChI is InChI=1S/C16H23N3O5/c1-5-6-7-17-16(23)19-12(21)8-24-15(22)14-9(2)13(11(4)20)10(3)18-14/h18H,5-8H2,1-4H3,(H2,17,19,21,23). The Morgan fingerprint density at radius 3 is 2.38 bits per heavy atom. The van der Waals surface area contributed by atoms with E-state index in [1.165, 1.54) is 6.92 Å². The average molecular weight is 337 g/mol. The minimum absolute atomic E-state index is 0.123. The number of rotatable bonds is 7. The number of hydrogen-bond donors (Lipinski definition) is 3. The third kappa shape index (κ3) is 5.22. The van der Waals surface area contributed by atoms with Crippen LogP contribution >= 0.6 is 0 Å². The molecule has 0 saturated heterocycles. The summed E-state index contributed by atoms with van der Waals surface area (Å²) >= 11 is 0. The highest BCUT2D eigenvalue weighted by molar-refractivity contribution is 6.01. The molecule has 1 heterocycles. The van der Waals surface area contributed by atoms with Crippen LogP contribution in [0.1, 0.15) is 58.8 Å². The van der Waals surface area contributed by atoms with Gasteiger partial charge >= 0.3 is 12.0 Å². The third-order valence-corrected chi connectivity index (χ3v) is 3.40. The number of aryl methyl sites for hydroxylation is 1. The van der Waals surface area contributed by atoms with Gasteiger partial charge in [0.2, 0.25) is 0 Å². The van der Waals surface area contributed by atoms with E-state index < -0.39 is 24.5 Å². The summed E-state index contributed by atoms with van der Waals surface area (Å²) in [7, 11) is 0. The van der Waals surface area contributed by atoms with Crippen LogP contribution in [0.5, 0.6) is 0 Å². The number of ketones is 1. The van der Waals surface area contributed by atoms with Crippen molar-refractivity contribution in [1.29, 1.82) is 0 Å². The Balaban J connectivity index is 2.55. The predicted molar refractivity (Wildman–Crippen MR) is 87.0 cm³/mol. The summed E-state index contributed by atoms with van der Waals surface area (Å²) in [5.74, 6) is -1.66. The van der Waals surface area contributed by atoms with Crippen molar-refractivity contribution in [3.05, 3.63) is 22.5 Å². The molecule has 8 nitrogen and oxygen atoms in total. The second kappa shape index (κ2) is 8.85. The Bertz CT molecular complexity index is 648. The number of carbonyl (C=O) groups excluding carboxylic acids is 4. The number of unbranched alkanes of at least 4 members (excludes halogenated alkanes) is 1. The molecule has 3 N–H and O–H groups in total. The number of amides is 3. The Kier molecular flexibility index (Phi) is 7.16. The number of esters is 1. The number of imide groups is 1. The van der Waals surface area contributed by atoms with Crippen molar-refractivity contribution in [1.82, 2.24) is 15.6 Å². The molecule has 0 bridgehead atoms. The normalized spacial score (nSPS) is 10.2. The number of nitrogens with one attached hydrogen (secondary N) is 3. The van der Waals surface area contributed by atoms with Crippen LogP contribution < -0.4 is 10.6 Å². The van der Waals surface area contributed by atoms with Gasteiger partial charge in [-0.3, -0.25) is 14.9 Å². The van der Waals surface area contributed by atoms with Crippen LogP contribution in [0.2, 0.25) is 0 Å². The summed E-state index contributed by atoms with van der Waals surface area (Å²) < 4.78 is 4.87. The van der Waals surface area contributed by atoms with Gasteiger partial charge in [-0.1, -0.05) is 13.3 Å². The van der Waals surface area contributed by atoms with Gasteiger partial charge in [-0.05, 0) is 32.8 Å². The maximum atomic E-state index is 12.0. The van der Waals surface area contributed by atoms with E-state index in [0.29, 0.717) is 23.4 Å². The highest BCUT2D eigenvalue weighted by Gasteiger charge is 2.21. The lowest BCUT2D eigenvalue weighted by Gasteiger charge is -2.07. The fraction of sp³-hybridized carbons (Fsp3) is 0.500. The second-order valence-electron chi connectivity index (χ2n) is 5.41. The molecule has 0 radical (unpaired) electrons. The van der Waals surface area contributed by atoms with Crippen LogP contribution in [0, 0.1) is 13.8 Å². The summed E-state index contributed by atoms with van der Waals surface area (Å²) in [6.45, 7) is 6.55. The second-order valence-corrected chi connectivity index (χ2v) is 5.41. The molecule has 3 amide bonds. The summed E-state index contributed by atoms with van der Waals surface area (Å²) in [6.07, 6.45) is 1.73. The first-order valence-electron chi connectivity index (χ1n) is 7.72. The van der Waals surface area contributed by atoms with Crippen LogP contribution in [0.15, 0.2) is 0 Å². The molecule has 8 heteroatoms. The molecule has 0 aliphatic heterocycles. The molecular formula is C16H23N3O5. The zero-order valence-electron chi connectivity index (χ0n) is 14.4. The topological polar surface area (TPSA) is 117 Å². The van der Waals surface area contributed by atoms with E-state index in [1.54, 1.807) is 13.8 Å². The van der Waals surface area contributed by atoms with Crippen LogP contribution in [-0.2, 0) is 9.53 Å². The van der Waals surface area contributed by atoms with Crippen molar-refractivity contribution >= 4 is 23.7 Å². The first-order chi connectivity index (χ1) is 11.3. The number of aromatic amines is 1. The highest BCUT2D eigenvalue weighted by Crippen LogP contribution is 2.19. The van der Waals surface area contributed by atoms with Gasteiger partial charge < -0.3 is 15.0 Å². The molecule has 0 spiro atoms. The minimum atomic E-state index is -0.760. The van der Waals surface area contributed by atoms with Gasteiger partial charge in [-0.15, -0.1) is 0 Å². The van der Waals surface area contributed by atoms with Gasteiger partial charge in [-0.25, -0.2) is 9.59 Å². The van der Waals surface area contributed by atoms with E-state index in [2.05, 4.69) is 15.6 Å². The molecule has 0 aliphatic rings. The fourth-order valence-corrected chi connectivity index (χ4v) is 2.27. The Hall–Kier alpha value is -2.64. The van der Waals surface area contributed by atoms with Gasteiger partial charge in [0.05, 0.1) is 0 Å². The molecule has 0 unspecified atom stereocenters. The zero-order chi connectivity index (χ0) is 18.3. The van der Waals surface area contributed by atoms with Crippen molar-refractivity contribution in [2.45, 2.75) is 40.5 Å². The number of Topliss-reactive ketones (excluding diaryl/α,β-unsaturated/α-hetero) is 1. The lowest BCUT2D eigenvalue weighted by molar-refractivity contribution is -0.123. The molecule has 1 rings (SSSR count). The van der Waals surface area contributed by atoms with E-state index in [4.69, 9.17) is 4.74 Å². The van der Waals surface area contributed by atoms with Gasteiger partial charge in [0.25, 0.3) is 5.91 Å². The molecular weight excluding hydrogens is 314 g/mol. The molecule has 24 heavy (non-hydrogen) atoms. The minimum Gasteiger partial charge on any atom is -0.451 e. The zero-order valence-corrected chi connectivity index (χ0v) is 14.4. The number of aromatic nitrogens is 1. The smallest absolute Gasteiger partial charge is 0.355 e. The Morgan fingerprint density at radius 1 is 1.17 bits per heavy atom. The molecule has 0 saturated carbocycles. The van der Waals surface area contributed by atoms with Crippen molar-refractivity contribution in [2.24, 2.45) is 0 Å². The van der Waals surface area contributed by atoms with Crippen molar-refractivity contribution in [2.75, 3.05) is 13.2 Å². The van der Waals surface area contributed by atoms with E-state index in [9.17, 15) is 19.2 Å². The quantitative estimate of drug-likeness (QED) is 0.397. The van der Waals surface area contributed by atoms with Crippen LogP contribution in [0.25, 0.3) is 0 Å². The van der Waals surface area contributed by atoms with E-state index in [0.717, 1.165) is 12.8 Å². The predicted octanol–water partition coefficient (Wildman–Crippen LogP) is 1.62. The van der Waals surface area contributed by atoms with Gasteiger partial charge in [-0.2, -0.15) is 0 Å². The van der Waals surface area contributed by atoms with Gasteiger partial charge in [0.1, 0.15) is 5.69 Å². The highest BCUT2D eigenvalue weighted by atomic mass is 16.5. The lowest BCUT2D eigenvalue weighted by Crippen LogP contribution is -2.41. The van der Waals surface area contributed by atoms with Gasteiger partial charge in [0, 0.05) is 17.8 Å². The van der Waals surface area contributed by atoms with Gasteiger partial charge in [0.15, 0.2) is 12.4 Å². The van der Waals surface area contributed by atoms with Crippen molar-refractivity contribution in [3.63, 3.8) is 0 Å². The molecule has 0 aromatic carbocycles. The first kappa shape index (κ1) is 19.4. The SMILES string of the molecule is CCCCNC(=O)NC(=O)COC(=O)c1[nH]c(C)c(C(C)=O)c1C. The van der Waals surface area contributed by atoms with Crippen LogP contribution in [0.3, 0.4) is 0 Å². The van der Waals surface area contributed by atoms with Crippen molar-refractivity contribution < 1.29 is 23.9 Å². The Labute approximate surface area is 140 Å². The molecule has 0 atom stereocenters. The third-order valence-electron chi connectivity index (χ3n) is 3.40. The van der Waals surface area contributed by atoms with Crippen molar-refractivity contribution in [3.8, 4) is 0 Å². The van der Waals surface area contributed by atoms with E-state index in [1.807, 2.05) is 6.92 Å². The van der Waals surface area contributed by atoms with Crippen LogP contribution in [-0.4, -0.2) is 41.8 Å². The molecule has 132 valence electrons. The van der Waals surface area contributed by atoms with Crippen LogP contribution in [0.4, 0.5) is 4.79 Å². The number of urea groups is 1. The van der Waals surface area contributed by atoms with E-state index in [-0.39, 0.29) is 11.5 Å². The monoisotopic (exact) mass is 337 g/mol. The summed E-state index contributed by atoms with van der Waals surface area (Å²) in [4.78, 5) is 49.3. The average Bonchev–Trinajstić information content (AvgIpc) is 2.80. The largest absolute Gasteiger partial charge is 0.451 e. The molecule has 1 aromatic heterocycles. The van der Waals surface area contributed by atoms with E-state index >= 15 is 0 Å². The molecule has 0 aliphatic carbocycles. The summed E-state index contributed by atoms with van der Waals surface area (Å²) in [5, 5.41) is 4.58. The maximum Gasteiger partial charge on any atom is 0.355 e. The number of ether oxygens (including phenoxy) is 1. The molecule has 1 aromatic rings. The lowest BCUT2D eigenvalue weighted by atomic mass is 10.1.